The lowest BCUT2D eigenvalue weighted by Crippen LogP contribution is -2.20. The van der Waals surface area contributed by atoms with Gasteiger partial charge in [0.2, 0.25) is 10.0 Å². The number of sulfonamides is 1. The molecule has 0 unspecified atom stereocenters. The lowest BCUT2D eigenvalue weighted by molar-refractivity contribution is 0.217. The molecule has 0 saturated carbocycles. The molecule has 0 heterocycles. The number of ether oxygens (including phenoxy) is 1. The maximum atomic E-state index is 11.5. The lowest BCUT2D eigenvalue weighted by Gasteiger charge is -2.09. The summed E-state index contributed by atoms with van der Waals surface area (Å²) in [4.78, 5) is 0. The van der Waals surface area contributed by atoms with Gasteiger partial charge in [-0.1, -0.05) is 11.6 Å². The van der Waals surface area contributed by atoms with Gasteiger partial charge in [-0.2, -0.15) is 0 Å². The predicted molar refractivity (Wildman–Crippen MR) is 65.1 cm³/mol. The standard InChI is InChI=1S/C9H13ClN2O3S/c1-15-4-5-16(13,14)12-9-3-2-7(10)6-8(9)11/h2-3,6,12H,4-5,11H2,1H3. The van der Waals surface area contributed by atoms with Crippen molar-refractivity contribution in [2.24, 2.45) is 0 Å². The van der Waals surface area contributed by atoms with Crippen LogP contribution in [0.2, 0.25) is 5.02 Å². The van der Waals surface area contributed by atoms with E-state index in [4.69, 9.17) is 22.1 Å². The van der Waals surface area contributed by atoms with Crippen molar-refractivity contribution in [3.63, 3.8) is 0 Å². The SMILES string of the molecule is COCCS(=O)(=O)Nc1ccc(Cl)cc1N. The monoisotopic (exact) mass is 264 g/mol. The number of rotatable bonds is 5. The molecule has 0 saturated heterocycles. The van der Waals surface area contributed by atoms with Crippen molar-refractivity contribution in [3.05, 3.63) is 23.2 Å². The van der Waals surface area contributed by atoms with Crippen LogP contribution in [0.3, 0.4) is 0 Å². The molecule has 16 heavy (non-hydrogen) atoms. The van der Waals surface area contributed by atoms with Crippen molar-refractivity contribution in [1.29, 1.82) is 0 Å². The number of nitrogen functional groups attached to an aromatic ring is 1. The fraction of sp³-hybridized carbons (Fsp3) is 0.333. The van der Waals surface area contributed by atoms with Gasteiger partial charge in [0.15, 0.2) is 0 Å². The third-order valence-corrected chi connectivity index (χ3v) is 3.31. The molecule has 0 aliphatic rings. The molecule has 3 N–H and O–H groups in total. The van der Waals surface area contributed by atoms with Crippen LogP contribution in [-0.2, 0) is 14.8 Å². The minimum Gasteiger partial charge on any atom is -0.397 e. The van der Waals surface area contributed by atoms with E-state index >= 15 is 0 Å². The summed E-state index contributed by atoms with van der Waals surface area (Å²) in [5.74, 6) is -0.119. The predicted octanol–water partition coefficient (Wildman–Crippen LogP) is 1.31. The number of nitrogens with two attached hydrogens (primary N) is 1. The third-order valence-electron chi connectivity index (χ3n) is 1.84. The Kier molecular flexibility index (Phi) is 4.40. The van der Waals surface area contributed by atoms with Crippen LogP contribution >= 0.6 is 11.6 Å². The van der Waals surface area contributed by atoms with E-state index in [1.54, 1.807) is 6.07 Å². The van der Waals surface area contributed by atoms with Gasteiger partial charge < -0.3 is 10.5 Å². The van der Waals surface area contributed by atoms with E-state index < -0.39 is 10.0 Å². The summed E-state index contributed by atoms with van der Waals surface area (Å²) in [7, 11) is -1.99. The molecule has 0 aromatic heterocycles. The van der Waals surface area contributed by atoms with Crippen LogP contribution in [0.4, 0.5) is 11.4 Å². The Labute approximate surface area is 99.6 Å². The van der Waals surface area contributed by atoms with Gasteiger partial charge in [0.1, 0.15) is 0 Å². The zero-order valence-corrected chi connectivity index (χ0v) is 10.3. The Morgan fingerprint density at radius 2 is 2.19 bits per heavy atom. The van der Waals surface area contributed by atoms with Crippen LogP contribution in [0.25, 0.3) is 0 Å². The number of methoxy groups -OCH3 is 1. The smallest absolute Gasteiger partial charge is 0.235 e. The van der Waals surface area contributed by atoms with Gasteiger partial charge in [-0.15, -0.1) is 0 Å². The molecule has 0 spiro atoms. The van der Waals surface area contributed by atoms with Crippen LogP contribution < -0.4 is 10.5 Å². The summed E-state index contributed by atoms with van der Waals surface area (Å²) in [5, 5.41) is 0.456. The van der Waals surface area contributed by atoms with Crippen LogP contribution in [0.15, 0.2) is 18.2 Å². The highest BCUT2D eigenvalue weighted by molar-refractivity contribution is 7.92. The molecule has 0 fully saturated rings. The fourth-order valence-corrected chi connectivity index (χ4v) is 2.23. The summed E-state index contributed by atoms with van der Waals surface area (Å²) >= 11 is 5.69. The number of anilines is 2. The summed E-state index contributed by atoms with van der Waals surface area (Å²) in [5.41, 5.74) is 6.22. The molecule has 0 aliphatic heterocycles. The maximum absolute atomic E-state index is 11.5. The van der Waals surface area contributed by atoms with Crippen LogP contribution in [-0.4, -0.2) is 27.9 Å². The van der Waals surface area contributed by atoms with E-state index in [1.807, 2.05) is 0 Å². The Morgan fingerprint density at radius 3 is 2.75 bits per heavy atom. The van der Waals surface area contributed by atoms with Gasteiger partial charge in [-0.05, 0) is 18.2 Å². The highest BCUT2D eigenvalue weighted by Crippen LogP contribution is 2.23. The van der Waals surface area contributed by atoms with Gasteiger partial charge in [-0.3, -0.25) is 4.72 Å². The fourth-order valence-electron chi connectivity index (χ4n) is 1.04. The van der Waals surface area contributed by atoms with Crippen LogP contribution in [0.5, 0.6) is 0 Å². The Balaban J connectivity index is 2.80. The van der Waals surface area contributed by atoms with Crippen molar-refractivity contribution in [3.8, 4) is 0 Å². The first kappa shape index (κ1) is 13.1. The molecular weight excluding hydrogens is 252 g/mol. The molecule has 0 aliphatic carbocycles. The van der Waals surface area contributed by atoms with Crippen molar-refractivity contribution >= 4 is 33.0 Å². The first-order valence-corrected chi connectivity index (χ1v) is 6.52. The molecule has 0 atom stereocenters. The lowest BCUT2D eigenvalue weighted by atomic mass is 10.3. The van der Waals surface area contributed by atoms with E-state index in [0.717, 1.165) is 0 Å². The van der Waals surface area contributed by atoms with Gasteiger partial charge >= 0.3 is 0 Å². The summed E-state index contributed by atoms with van der Waals surface area (Å²) in [6.45, 7) is 0.128. The Hall–Kier alpha value is -0.980. The van der Waals surface area contributed by atoms with Gasteiger partial charge in [0, 0.05) is 12.1 Å². The third kappa shape index (κ3) is 3.88. The summed E-state index contributed by atoms with van der Waals surface area (Å²) < 4.78 is 30.1. The first-order valence-electron chi connectivity index (χ1n) is 4.49. The van der Waals surface area contributed by atoms with Crippen molar-refractivity contribution in [1.82, 2.24) is 0 Å². The second-order valence-electron chi connectivity index (χ2n) is 3.15. The topological polar surface area (TPSA) is 81.4 Å². The first-order chi connectivity index (χ1) is 7.44. The Bertz CT molecular complexity index is 462. The molecule has 1 aromatic rings. The number of benzene rings is 1. The summed E-state index contributed by atoms with van der Waals surface area (Å²) in [6.07, 6.45) is 0. The van der Waals surface area contributed by atoms with Gasteiger partial charge in [0.25, 0.3) is 0 Å². The zero-order valence-electron chi connectivity index (χ0n) is 8.73. The van der Waals surface area contributed by atoms with Crippen molar-refractivity contribution < 1.29 is 13.2 Å². The second-order valence-corrected chi connectivity index (χ2v) is 5.42. The van der Waals surface area contributed by atoms with Gasteiger partial charge in [-0.25, -0.2) is 8.42 Å². The normalized spacial score (nSPS) is 11.4. The average molecular weight is 265 g/mol. The molecule has 7 heteroatoms. The highest BCUT2D eigenvalue weighted by atomic mass is 35.5. The maximum Gasteiger partial charge on any atom is 0.235 e. The molecule has 0 radical (unpaired) electrons. The number of hydrogen-bond acceptors (Lipinski definition) is 4. The molecule has 1 aromatic carbocycles. The number of hydrogen-bond donors (Lipinski definition) is 2. The zero-order chi connectivity index (χ0) is 12.2. The average Bonchev–Trinajstić information content (AvgIpc) is 2.19. The van der Waals surface area contributed by atoms with E-state index in [1.165, 1.54) is 19.2 Å². The van der Waals surface area contributed by atoms with E-state index in [2.05, 4.69) is 4.72 Å². The second kappa shape index (κ2) is 5.38. The molecule has 90 valence electrons. The van der Waals surface area contributed by atoms with Crippen molar-refractivity contribution in [2.45, 2.75) is 0 Å². The quantitative estimate of drug-likeness (QED) is 0.786. The van der Waals surface area contributed by atoms with E-state index in [0.29, 0.717) is 10.7 Å². The molecule has 0 amide bonds. The largest absolute Gasteiger partial charge is 0.397 e. The number of halogens is 1. The minimum atomic E-state index is -3.43. The summed E-state index contributed by atoms with van der Waals surface area (Å²) in [6, 6.07) is 4.56. The number of nitrogens with one attached hydrogen (secondary N) is 1. The molecule has 5 nitrogen and oxygen atoms in total. The minimum absolute atomic E-state index is 0.119. The van der Waals surface area contributed by atoms with Gasteiger partial charge in [0.05, 0.1) is 23.7 Å². The van der Waals surface area contributed by atoms with Crippen LogP contribution in [0, 0.1) is 0 Å². The highest BCUT2D eigenvalue weighted by Gasteiger charge is 2.11. The molecule has 1 rings (SSSR count). The van der Waals surface area contributed by atoms with E-state index in [-0.39, 0.29) is 18.0 Å². The van der Waals surface area contributed by atoms with Crippen molar-refractivity contribution in [2.75, 3.05) is 29.9 Å². The Morgan fingerprint density at radius 1 is 1.50 bits per heavy atom. The van der Waals surface area contributed by atoms with Crippen LogP contribution in [0.1, 0.15) is 0 Å². The molecule has 0 bridgehead atoms. The van der Waals surface area contributed by atoms with E-state index in [9.17, 15) is 8.42 Å². The molecular formula is C9H13ClN2O3S.